The SMILES string of the molecule is C(=C\c1ccncc1)/c1ccncc1.O=C(O)c1cccc2cccc(C(=O)O)c12. The highest BCUT2D eigenvalue weighted by molar-refractivity contribution is 6.12. The third-order valence-corrected chi connectivity index (χ3v) is 4.25. The molecule has 2 heterocycles. The van der Waals surface area contributed by atoms with E-state index < -0.39 is 11.9 Å². The molecule has 6 nitrogen and oxygen atoms in total. The molecule has 0 spiro atoms. The molecule has 2 aromatic carbocycles. The number of rotatable bonds is 4. The van der Waals surface area contributed by atoms with Crippen molar-refractivity contribution in [1.82, 2.24) is 9.97 Å². The molecule has 6 heteroatoms. The smallest absolute Gasteiger partial charge is 0.336 e. The van der Waals surface area contributed by atoms with Gasteiger partial charge in [0.1, 0.15) is 0 Å². The van der Waals surface area contributed by atoms with Crippen molar-refractivity contribution in [3.63, 3.8) is 0 Å². The Morgan fingerprint density at radius 2 is 1.03 bits per heavy atom. The molecule has 4 rings (SSSR count). The zero-order valence-electron chi connectivity index (χ0n) is 15.8. The molecule has 0 aliphatic heterocycles. The molecule has 2 N–H and O–H groups in total. The van der Waals surface area contributed by atoms with Crippen LogP contribution in [0.15, 0.2) is 85.5 Å². The van der Waals surface area contributed by atoms with Crippen LogP contribution in [-0.2, 0) is 0 Å². The Kier molecular flexibility index (Phi) is 6.63. The fourth-order valence-electron chi connectivity index (χ4n) is 2.84. The van der Waals surface area contributed by atoms with Crippen LogP contribution in [0.2, 0.25) is 0 Å². The zero-order chi connectivity index (χ0) is 21.3. The number of aromatic nitrogens is 2. The molecule has 0 bridgehead atoms. The number of carbonyl (C=O) groups is 2. The van der Waals surface area contributed by atoms with Gasteiger partial charge in [-0.1, -0.05) is 36.4 Å². The van der Waals surface area contributed by atoms with Gasteiger partial charge in [-0.05, 0) is 52.9 Å². The molecule has 0 aliphatic rings. The second kappa shape index (κ2) is 9.75. The Bertz CT molecular complexity index is 1100. The summed E-state index contributed by atoms with van der Waals surface area (Å²) in [4.78, 5) is 29.9. The first-order valence-electron chi connectivity index (χ1n) is 9.03. The van der Waals surface area contributed by atoms with Gasteiger partial charge in [-0.3, -0.25) is 9.97 Å². The van der Waals surface area contributed by atoms with Crippen molar-refractivity contribution in [2.75, 3.05) is 0 Å². The van der Waals surface area contributed by atoms with Crippen LogP contribution < -0.4 is 0 Å². The van der Waals surface area contributed by atoms with Gasteiger partial charge < -0.3 is 10.2 Å². The average molecular weight is 398 g/mol. The molecule has 0 saturated carbocycles. The zero-order valence-corrected chi connectivity index (χ0v) is 15.8. The van der Waals surface area contributed by atoms with Gasteiger partial charge >= 0.3 is 11.9 Å². The number of benzene rings is 2. The Labute approximate surface area is 172 Å². The van der Waals surface area contributed by atoms with E-state index in [1.165, 1.54) is 12.1 Å². The highest BCUT2D eigenvalue weighted by atomic mass is 16.4. The molecule has 148 valence electrons. The summed E-state index contributed by atoms with van der Waals surface area (Å²) in [5, 5.41) is 18.9. The largest absolute Gasteiger partial charge is 0.478 e. The van der Waals surface area contributed by atoms with Crippen LogP contribution in [-0.4, -0.2) is 32.1 Å². The number of nitrogens with zero attached hydrogens (tertiary/aromatic N) is 2. The van der Waals surface area contributed by atoms with E-state index in [4.69, 9.17) is 10.2 Å². The van der Waals surface area contributed by atoms with E-state index in [9.17, 15) is 9.59 Å². The summed E-state index contributed by atoms with van der Waals surface area (Å²) in [5.41, 5.74) is 2.32. The van der Waals surface area contributed by atoms with Crippen molar-refractivity contribution in [2.24, 2.45) is 0 Å². The van der Waals surface area contributed by atoms with E-state index >= 15 is 0 Å². The van der Waals surface area contributed by atoms with Gasteiger partial charge in [0.15, 0.2) is 0 Å². The number of carboxylic acids is 2. The summed E-state index contributed by atoms with van der Waals surface area (Å²) in [6, 6.07) is 17.2. The van der Waals surface area contributed by atoms with Crippen molar-refractivity contribution >= 4 is 34.9 Å². The predicted octanol–water partition coefficient (Wildman–Crippen LogP) is 4.88. The van der Waals surface area contributed by atoms with Gasteiger partial charge in [-0.25, -0.2) is 9.59 Å². The standard InChI is InChI=1S/C12H10N2.C12H8O4/c1(11-3-7-13-8-4-11)2-12-5-9-14-10-6-12;13-11(14)8-5-1-3-7-4-2-6-9(10(7)8)12(15)16/h1-10H;1-6H,(H,13,14)(H,15,16)/b2-1+;. The van der Waals surface area contributed by atoms with Crippen LogP contribution >= 0.6 is 0 Å². The molecule has 0 radical (unpaired) electrons. The van der Waals surface area contributed by atoms with Gasteiger partial charge in [0, 0.05) is 30.2 Å². The van der Waals surface area contributed by atoms with Crippen LogP contribution in [0.25, 0.3) is 22.9 Å². The van der Waals surface area contributed by atoms with Crippen molar-refractivity contribution in [3.8, 4) is 0 Å². The Morgan fingerprint density at radius 3 is 1.40 bits per heavy atom. The first kappa shape index (κ1) is 20.4. The number of hydrogen-bond donors (Lipinski definition) is 2. The van der Waals surface area contributed by atoms with E-state index in [1.54, 1.807) is 49.1 Å². The fraction of sp³-hybridized carbons (Fsp3) is 0. The molecule has 0 atom stereocenters. The average Bonchev–Trinajstić information content (AvgIpc) is 2.78. The van der Waals surface area contributed by atoms with E-state index in [1.807, 2.05) is 24.3 Å². The van der Waals surface area contributed by atoms with E-state index in [2.05, 4.69) is 22.1 Å². The maximum Gasteiger partial charge on any atom is 0.336 e. The Balaban J connectivity index is 0.000000172. The highest BCUT2D eigenvalue weighted by Gasteiger charge is 2.15. The summed E-state index contributed by atoms with van der Waals surface area (Å²) < 4.78 is 0. The lowest BCUT2D eigenvalue weighted by Gasteiger charge is -2.05. The second-order valence-corrected chi connectivity index (χ2v) is 6.21. The number of carboxylic acid groups (broad SMARTS) is 2. The molecule has 0 aliphatic carbocycles. The van der Waals surface area contributed by atoms with Gasteiger partial charge in [0.05, 0.1) is 11.1 Å². The third kappa shape index (κ3) is 5.14. The summed E-state index contributed by atoms with van der Waals surface area (Å²) >= 11 is 0. The minimum absolute atomic E-state index is 0.00972. The first-order chi connectivity index (χ1) is 14.6. The molecular formula is C24H18N2O4. The Morgan fingerprint density at radius 1 is 0.633 bits per heavy atom. The lowest BCUT2D eigenvalue weighted by molar-refractivity contribution is 0.0695. The predicted molar refractivity (Wildman–Crippen MR) is 115 cm³/mol. The summed E-state index contributed by atoms with van der Waals surface area (Å²) in [5.74, 6) is -2.25. The van der Waals surface area contributed by atoms with Crippen LogP contribution in [0, 0.1) is 0 Å². The van der Waals surface area contributed by atoms with E-state index in [0.717, 1.165) is 11.1 Å². The Hall–Kier alpha value is -4.32. The monoisotopic (exact) mass is 398 g/mol. The summed E-state index contributed by atoms with van der Waals surface area (Å²) in [7, 11) is 0. The van der Waals surface area contributed by atoms with Gasteiger partial charge in [-0.15, -0.1) is 0 Å². The maximum atomic E-state index is 11.0. The van der Waals surface area contributed by atoms with Gasteiger partial charge in [0.2, 0.25) is 0 Å². The number of hydrogen-bond acceptors (Lipinski definition) is 4. The highest BCUT2D eigenvalue weighted by Crippen LogP contribution is 2.23. The number of pyridine rings is 2. The van der Waals surface area contributed by atoms with Crippen LogP contribution in [0.3, 0.4) is 0 Å². The van der Waals surface area contributed by atoms with Crippen LogP contribution in [0.5, 0.6) is 0 Å². The first-order valence-corrected chi connectivity index (χ1v) is 9.03. The molecule has 2 aromatic heterocycles. The maximum absolute atomic E-state index is 11.0. The molecule has 0 amide bonds. The van der Waals surface area contributed by atoms with Crippen molar-refractivity contribution in [2.45, 2.75) is 0 Å². The molecule has 0 unspecified atom stereocenters. The normalized spacial score (nSPS) is 10.4. The van der Waals surface area contributed by atoms with Crippen LogP contribution in [0.1, 0.15) is 31.8 Å². The molecule has 4 aromatic rings. The van der Waals surface area contributed by atoms with Gasteiger partial charge in [0.25, 0.3) is 0 Å². The quantitative estimate of drug-likeness (QED) is 0.508. The lowest BCUT2D eigenvalue weighted by atomic mass is 9.99. The molecule has 0 fully saturated rings. The second-order valence-electron chi connectivity index (χ2n) is 6.21. The number of fused-ring (bicyclic) bond motifs is 1. The van der Waals surface area contributed by atoms with Crippen molar-refractivity contribution in [3.05, 3.63) is 108 Å². The topological polar surface area (TPSA) is 100 Å². The van der Waals surface area contributed by atoms with Crippen molar-refractivity contribution in [1.29, 1.82) is 0 Å². The number of aromatic carboxylic acids is 2. The molecule has 0 saturated heterocycles. The fourth-order valence-corrected chi connectivity index (χ4v) is 2.84. The minimum Gasteiger partial charge on any atom is -0.478 e. The van der Waals surface area contributed by atoms with Crippen molar-refractivity contribution < 1.29 is 19.8 Å². The minimum atomic E-state index is -1.13. The summed E-state index contributed by atoms with van der Waals surface area (Å²) in [6.07, 6.45) is 11.2. The molecule has 30 heavy (non-hydrogen) atoms. The van der Waals surface area contributed by atoms with Gasteiger partial charge in [-0.2, -0.15) is 0 Å². The van der Waals surface area contributed by atoms with Crippen LogP contribution in [0.4, 0.5) is 0 Å². The summed E-state index contributed by atoms with van der Waals surface area (Å²) in [6.45, 7) is 0. The van der Waals surface area contributed by atoms with E-state index in [-0.39, 0.29) is 16.5 Å². The third-order valence-electron chi connectivity index (χ3n) is 4.25. The molecular weight excluding hydrogens is 380 g/mol. The van der Waals surface area contributed by atoms with E-state index in [0.29, 0.717) is 5.39 Å². The lowest BCUT2D eigenvalue weighted by Crippen LogP contribution is -2.03.